The summed E-state index contributed by atoms with van der Waals surface area (Å²) in [6, 6.07) is 0. The Morgan fingerprint density at radius 3 is 0.807 bits per heavy atom. The second kappa shape index (κ2) is 15.3. The first-order valence-corrected chi connectivity index (χ1v) is 30.0. The van der Waals surface area contributed by atoms with Crippen molar-refractivity contribution < 1.29 is 8.23 Å². The van der Waals surface area contributed by atoms with Gasteiger partial charge in [-0.05, 0) is 156 Å². The van der Waals surface area contributed by atoms with Crippen molar-refractivity contribution in [1.29, 1.82) is 0 Å². The van der Waals surface area contributed by atoms with Gasteiger partial charge in [-0.1, -0.05) is 96.9 Å². The molecule has 6 rings (SSSR count). The molecule has 6 heterocycles. The first-order chi connectivity index (χ1) is 26.6. The van der Waals surface area contributed by atoms with E-state index >= 15 is 0 Å². The molecule has 312 valence electrons. The highest BCUT2D eigenvalue weighted by Gasteiger charge is 2.60. The Kier molecular flexibility index (Phi) is 11.8. The molecule has 2 aliphatic heterocycles. The molecule has 0 aromatic carbocycles. The summed E-state index contributed by atoms with van der Waals surface area (Å²) in [6.45, 7) is 42.9. The molecule has 0 amide bonds. The summed E-state index contributed by atoms with van der Waals surface area (Å²) >= 11 is 0. The minimum absolute atomic E-state index is 0.0624. The van der Waals surface area contributed by atoms with Crippen LogP contribution in [0.4, 0.5) is 0 Å². The minimum Gasteiger partial charge on any atom is -0.404 e. The van der Waals surface area contributed by atoms with E-state index < -0.39 is 25.5 Å². The van der Waals surface area contributed by atoms with Gasteiger partial charge >= 0.3 is 8.88 Å². The van der Waals surface area contributed by atoms with Gasteiger partial charge in [0.05, 0.1) is 0 Å². The topological polar surface area (TPSA) is 59.9 Å². The predicted molar refractivity (Wildman–Crippen MR) is 251 cm³/mol. The second-order valence-corrected chi connectivity index (χ2v) is 32.3. The molecule has 4 aromatic rings. The van der Waals surface area contributed by atoms with E-state index in [0.29, 0.717) is 0 Å². The summed E-state index contributed by atoms with van der Waals surface area (Å²) in [5.74, 6) is 0. The number of nitrogens with zero attached hydrogens (tertiary/aromatic N) is 2. The van der Waals surface area contributed by atoms with Crippen molar-refractivity contribution in [2.75, 3.05) is 0 Å². The molecule has 0 aliphatic carbocycles. The van der Waals surface area contributed by atoms with E-state index in [2.05, 4.69) is 166 Å². The number of hydrogen-bond acceptors (Lipinski definition) is 2. The van der Waals surface area contributed by atoms with Crippen LogP contribution >= 0.6 is 0 Å². The fraction of sp³-hybridized carbons (Fsp3) is 0.583. The lowest BCUT2D eigenvalue weighted by molar-refractivity contribution is 0.312. The molecule has 6 nitrogen and oxygen atoms in total. The van der Waals surface area contributed by atoms with Crippen LogP contribution in [-0.2, 0) is 59.6 Å². The number of aromatic amines is 2. The highest BCUT2D eigenvalue weighted by atomic mass is 28.5. The van der Waals surface area contributed by atoms with Gasteiger partial charge in [-0.3, -0.25) is 0 Å². The normalized spacial score (nSPS) is 17.6. The van der Waals surface area contributed by atoms with E-state index in [0.717, 1.165) is 51.4 Å². The SMILES string of the molecule is CCc1c(CC)c2n3c1/C=c1\[nH]/c(c(CC)c1CC)=C\c1c(CC)c(CC)c(n1[Si]3(O[Si](C)(C)C(C)(C)C)O[Si](C)(C)C(C)(C)C)/C=c1\[nH]/c(c(CC)c1CC)=C\2. The van der Waals surface area contributed by atoms with Crippen molar-refractivity contribution in [3.63, 3.8) is 0 Å². The van der Waals surface area contributed by atoms with Crippen LogP contribution in [0, 0.1) is 0 Å². The molecule has 57 heavy (non-hydrogen) atoms. The zero-order valence-electron chi connectivity index (χ0n) is 39.2. The lowest BCUT2D eigenvalue weighted by Gasteiger charge is -2.50. The monoisotopic (exact) mass is 825 g/mol. The summed E-state index contributed by atoms with van der Waals surface area (Å²) in [5, 5.41) is 4.78. The first-order valence-electron chi connectivity index (χ1n) is 22.5. The zero-order chi connectivity index (χ0) is 42.2. The quantitative estimate of drug-likeness (QED) is 0.123. The fourth-order valence-corrected chi connectivity index (χ4v) is 21.4. The maximum atomic E-state index is 8.54. The average molecular weight is 825 g/mol. The maximum absolute atomic E-state index is 8.54. The van der Waals surface area contributed by atoms with Crippen LogP contribution in [0.2, 0.25) is 36.3 Å². The van der Waals surface area contributed by atoms with E-state index in [1.165, 1.54) is 88.7 Å². The third kappa shape index (κ3) is 6.79. The van der Waals surface area contributed by atoms with Crippen molar-refractivity contribution in [2.24, 2.45) is 0 Å². The molecule has 2 aliphatic rings. The van der Waals surface area contributed by atoms with Crippen molar-refractivity contribution in [3.8, 4) is 0 Å². The lowest BCUT2D eigenvalue weighted by Crippen LogP contribution is -2.69. The average Bonchev–Trinajstić information content (AvgIpc) is 3.82. The van der Waals surface area contributed by atoms with Gasteiger partial charge in [0.25, 0.3) is 0 Å². The Morgan fingerprint density at radius 2 is 0.632 bits per heavy atom. The second-order valence-electron chi connectivity index (χ2n) is 19.6. The summed E-state index contributed by atoms with van der Waals surface area (Å²) in [7, 11) is -9.03. The van der Waals surface area contributed by atoms with Crippen LogP contribution in [-0.4, -0.2) is 44.0 Å². The Labute approximate surface area is 348 Å². The molecule has 0 spiro atoms. The van der Waals surface area contributed by atoms with E-state index in [4.69, 9.17) is 8.23 Å². The molecular weight excluding hydrogens is 749 g/mol. The van der Waals surface area contributed by atoms with Gasteiger partial charge < -0.3 is 26.7 Å². The summed E-state index contributed by atoms with van der Waals surface area (Å²) in [4.78, 5) is 8.12. The van der Waals surface area contributed by atoms with E-state index in [1.807, 2.05) is 0 Å². The van der Waals surface area contributed by atoms with Crippen LogP contribution in [0.5, 0.6) is 0 Å². The highest BCUT2D eigenvalue weighted by Crippen LogP contribution is 2.47. The van der Waals surface area contributed by atoms with Crippen molar-refractivity contribution >= 4 is 49.8 Å². The van der Waals surface area contributed by atoms with E-state index in [9.17, 15) is 0 Å². The van der Waals surface area contributed by atoms with Crippen LogP contribution in [0.25, 0.3) is 24.3 Å². The van der Waals surface area contributed by atoms with E-state index in [-0.39, 0.29) is 10.1 Å². The van der Waals surface area contributed by atoms with Crippen LogP contribution < -0.4 is 21.4 Å². The third-order valence-electron chi connectivity index (χ3n) is 14.4. The lowest BCUT2D eigenvalue weighted by atomic mass is 10.0. The van der Waals surface area contributed by atoms with Gasteiger partial charge in [0.2, 0.25) is 0 Å². The van der Waals surface area contributed by atoms with Gasteiger partial charge in [-0.25, -0.2) is 0 Å². The minimum atomic E-state index is -3.86. The van der Waals surface area contributed by atoms with Crippen molar-refractivity contribution in [1.82, 2.24) is 18.4 Å². The number of rotatable bonds is 12. The largest absolute Gasteiger partial charge is 0.577 e. The van der Waals surface area contributed by atoms with Gasteiger partial charge in [0.1, 0.15) is 0 Å². The maximum Gasteiger partial charge on any atom is 0.577 e. The fourth-order valence-electron chi connectivity index (χ4n) is 9.38. The van der Waals surface area contributed by atoms with Gasteiger partial charge in [-0.2, -0.15) is 0 Å². The molecule has 0 fully saturated rings. The molecule has 9 heteroatoms. The molecule has 4 aromatic heterocycles. The van der Waals surface area contributed by atoms with Crippen LogP contribution in [0.15, 0.2) is 0 Å². The third-order valence-corrected chi connectivity index (χ3v) is 29.9. The smallest absolute Gasteiger partial charge is 0.404 e. The molecular formula is C48H76N4O2Si3. The highest BCUT2D eigenvalue weighted by molar-refractivity contribution is 6.89. The van der Waals surface area contributed by atoms with Crippen molar-refractivity contribution in [2.45, 2.75) is 185 Å². The Hall–Kier alpha value is -2.83. The van der Waals surface area contributed by atoms with Crippen molar-refractivity contribution in [3.05, 3.63) is 88.7 Å². The molecule has 2 N–H and O–H groups in total. The first kappa shape index (κ1) is 43.7. The Balaban J connectivity index is 2.13. The van der Waals surface area contributed by atoms with Gasteiger partial charge in [0, 0.05) is 44.2 Å². The molecule has 0 radical (unpaired) electrons. The summed E-state index contributed by atoms with van der Waals surface area (Å²) < 4.78 is 22.5. The Morgan fingerprint density at radius 1 is 0.421 bits per heavy atom. The van der Waals surface area contributed by atoms with Gasteiger partial charge in [-0.15, -0.1) is 0 Å². The molecule has 0 saturated carbocycles. The van der Waals surface area contributed by atoms with Crippen LogP contribution in [0.3, 0.4) is 0 Å². The predicted octanol–water partition coefficient (Wildman–Crippen LogP) is 9.26. The molecule has 6 bridgehead atoms. The zero-order valence-corrected chi connectivity index (χ0v) is 42.2. The number of aromatic nitrogens is 4. The van der Waals surface area contributed by atoms with E-state index in [1.54, 1.807) is 0 Å². The number of H-pyrrole nitrogens is 2. The Bertz CT molecular complexity index is 2140. The number of hydrogen-bond donors (Lipinski definition) is 2. The number of nitrogens with one attached hydrogen (secondary N) is 2. The molecule has 0 saturated heterocycles. The van der Waals surface area contributed by atoms with Gasteiger partial charge in [0.15, 0.2) is 16.6 Å². The number of fused-ring (bicyclic) bond motifs is 4. The molecule has 0 atom stereocenters. The van der Waals surface area contributed by atoms with Crippen LogP contribution in [0.1, 0.15) is 164 Å². The molecule has 0 unspecified atom stereocenters. The summed E-state index contributed by atoms with van der Waals surface area (Å²) in [6.07, 6.45) is 17.6. The summed E-state index contributed by atoms with van der Waals surface area (Å²) in [5.41, 5.74) is 16.3. The standard InChI is InChI=1S/C48H76N4O2Si3/c1-19-31-32(20-2)40-28-44-37(25-7)38(26-8)46-30-42-34(22-4)33(21-3)41(50-42)29-45-36(24-6)35(23-5)43(27-39(31)49-40)51(45)57(52(44)46,53-55(15,16)47(9,10)11)54-56(17,18)48(12,13)14/h27-30,49-50H,19-26H2,1-18H3/b39-27-,40-28-,41-29-,42-30-,43-27?,44-28?,45-29?,46-30?.